The molecule has 0 heterocycles. The molecule has 1 heteroatoms. The number of hydrogen-bond donors (Lipinski definition) is 1. The van der Waals surface area contributed by atoms with Gasteiger partial charge in [0.25, 0.3) is 0 Å². The summed E-state index contributed by atoms with van der Waals surface area (Å²) in [6.45, 7) is 3.63. The van der Waals surface area contributed by atoms with Gasteiger partial charge in [0.05, 0.1) is 0 Å². The van der Waals surface area contributed by atoms with Crippen molar-refractivity contribution in [3.63, 3.8) is 0 Å². The highest BCUT2D eigenvalue weighted by molar-refractivity contribution is 4.90. The molecule has 2 aliphatic carbocycles. The molecule has 0 saturated heterocycles. The van der Waals surface area contributed by atoms with Crippen LogP contribution in [-0.4, -0.2) is 13.6 Å². The van der Waals surface area contributed by atoms with E-state index in [1.807, 2.05) is 0 Å². The molecule has 1 nitrogen and oxygen atoms in total. The molecule has 2 aliphatic rings. The van der Waals surface area contributed by atoms with E-state index < -0.39 is 0 Å². The molecule has 14 heavy (non-hydrogen) atoms. The van der Waals surface area contributed by atoms with E-state index in [0.29, 0.717) is 0 Å². The third-order valence-electron chi connectivity index (χ3n) is 4.43. The van der Waals surface area contributed by atoms with Crippen LogP contribution in [0.5, 0.6) is 0 Å². The molecule has 3 atom stereocenters. The van der Waals surface area contributed by atoms with Crippen molar-refractivity contribution >= 4 is 0 Å². The lowest BCUT2D eigenvalue weighted by atomic mass is 9.71. The third-order valence-corrected chi connectivity index (χ3v) is 4.43. The monoisotopic (exact) mass is 195 g/mol. The van der Waals surface area contributed by atoms with E-state index in [0.717, 1.165) is 23.7 Å². The molecule has 82 valence electrons. The summed E-state index contributed by atoms with van der Waals surface area (Å²) in [7, 11) is 2.11. The van der Waals surface area contributed by atoms with Crippen molar-refractivity contribution in [1.82, 2.24) is 5.32 Å². The Labute approximate surface area is 88.7 Å². The van der Waals surface area contributed by atoms with Crippen molar-refractivity contribution in [2.24, 2.45) is 23.7 Å². The Morgan fingerprint density at radius 3 is 2.50 bits per heavy atom. The van der Waals surface area contributed by atoms with Gasteiger partial charge in [-0.15, -0.1) is 0 Å². The Morgan fingerprint density at radius 2 is 1.93 bits per heavy atom. The molecule has 3 unspecified atom stereocenters. The highest BCUT2D eigenvalue weighted by atomic mass is 14.8. The fraction of sp³-hybridized carbons (Fsp3) is 1.00. The number of rotatable bonds is 4. The summed E-state index contributed by atoms with van der Waals surface area (Å²) < 4.78 is 0. The molecule has 0 aliphatic heterocycles. The van der Waals surface area contributed by atoms with Gasteiger partial charge >= 0.3 is 0 Å². The highest BCUT2D eigenvalue weighted by Gasteiger charge is 2.39. The van der Waals surface area contributed by atoms with Crippen LogP contribution >= 0.6 is 0 Å². The van der Waals surface area contributed by atoms with E-state index in [1.165, 1.54) is 45.1 Å². The van der Waals surface area contributed by atoms with Gasteiger partial charge in [-0.25, -0.2) is 0 Å². The van der Waals surface area contributed by atoms with Crippen LogP contribution in [0.25, 0.3) is 0 Å². The van der Waals surface area contributed by atoms with Gasteiger partial charge in [0.15, 0.2) is 0 Å². The molecule has 1 N–H and O–H groups in total. The van der Waals surface area contributed by atoms with Gasteiger partial charge in [0.1, 0.15) is 0 Å². The molecular weight excluding hydrogens is 170 g/mol. The molecule has 0 aromatic rings. The van der Waals surface area contributed by atoms with E-state index in [1.54, 1.807) is 0 Å². The van der Waals surface area contributed by atoms with E-state index in [-0.39, 0.29) is 0 Å². The van der Waals surface area contributed by atoms with Gasteiger partial charge in [0, 0.05) is 0 Å². The van der Waals surface area contributed by atoms with Crippen molar-refractivity contribution in [3.8, 4) is 0 Å². The van der Waals surface area contributed by atoms with Crippen LogP contribution in [0.3, 0.4) is 0 Å². The maximum atomic E-state index is 3.38. The first-order valence-corrected chi connectivity index (χ1v) is 6.49. The first-order chi connectivity index (χ1) is 6.85. The van der Waals surface area contributed by atoms with Crippen LogP contribution in [0, 0.1) is 23.7 Å². The van der Waals surface area contributed by atoms with E-state index in [9.17, 15) is 0 Å². The zero-order chi connectivity index (χ0) is 9.97. The van der Waals surface area contributed by atoms with Gasteiger partial charge in [0.2, 0.25) is 0 Å². The van der Waals surface area contributed by atoms with Crippen molar-refractivity contribution in [2.45, 2.75) is 45.4 Å². The molecule has 0 amide bonds. The SMILES string of the molecule is CCC1CCC(CNC)C(C2CC2)C1. The summed E-state index contributed by atoms with van der Waals surface area (Å²) in [6.07, 6.45) is 8.98. The Bertz CT molecular complexity index is 174. The molecule has 0 bridgehead atoms. The molecule has 0 aromatic carbocycles. The minimum absolute atomic E-state index is 0.996. The van der Waals surface area contributed by atoms with Gasteiger partial charge in [-0.05, 0) is 62.9 Å². The second kappa shape index (κ2) is 4.65. The Kier molecular flexibility index (Phi) is 3.48. The van der Waals surface area contributed by atoms with Gasteiger partial charge < -0.3 is 5.32 Å². The quantitative estimate of drug-likeness (QED) is 0.727. The normalized spacial score (nSPS) is 38.6. The molecule has 2 rings (SSSR count). The zero-order valence-electron chi connectivity index (χ0n) is 9.76. The zero-order valence-corrected chi connectivity index (χ0v) is 9.76. The summed E-state index contributed by atoms with van der Waals surface area (Å²) in [4.78, 5) is 0. The van der Waals surface area contributed by atoms with E-state index in [4.69, 9.17) is 0 Å². The van der Waals surface area contributed by atoms with Crippen LogP contribution in [0.1, 0.15) is 45.4 Å². The van der Waals surface area contributed by atoms with E-state index in [2.05, 4.69) is 19.3 Å². The minimum Gasteiger partial charge on any atom is -0.319 e. The molecular formula is C13H25N. The smallest absolute Gasteiger partial charge is 0.00208 e. The standard InChI is InChI=1S/C13H25N/c1-3-10-4-5-12(9-14-2)13(8-10)11-6-7-11/h10-14H,3-9H2,1-2H3. The molecule has 2 fully saturated rings. The van der Waals surface area contributed by atoms with Crippen LogP contribution in [0.2, 0.25) is 0 Å². The summed E-state index contributed by atoms with van der Waals surface area (Å²) in [5.41, 5.74) is 0. The van der Waals surface area contributed by atoms with Crippen LogP contribution < -0.4 is 5.32 Å². The van der Waals surface area contributed by atoms with Crippen LogP contribution in [0.15, 0.2) is 0 Å². The maximum absolute atomic E-state index is 3.38. The predicted molar refractivity (Wildman–Crippen MR) is 61.3 cm³/mol. The number of hydrogen-bond acceptors (Lipinski definition) is 1. The largest absolute Gasteiger partial charge is 0.319 e. The Morgan fingerprint density at radius 1 is 1.14 bits per heavy atom. The maximum Gasteiger partial charge on any atom is -0.00208 e. The van der Waals surface area contributed by atoms with Gasteiger partial charge in [-0.3, -0.25) is 0 Å². The Hall–Kier alpha value is -0.0400. The molecule has 0 spiro atoms. The molecule has 0 radical (unpaired) electrons. The van der Waals surface area contributed by atoms with Crippen molar-refractivity contribution in [2.75, 3.05) is 13.6 Å². The lowest BCUT2D eigenvalue weighted by Gasteiger charge is -2.36. The average Bonchev–Trinajstić information content (AvgIpc) is 3.02. The number of nitrogens with one attached hydrogen (secondary N) is 1. The average molecular weight is 195 g/mol. The molecule has 0 aromatic heterocycles. The minimum atomic E-state index is 0.996. The Balaban J connectivity index is 1.90. The lowest BCUT2D eigenvalue weighted by molar-refractivity contribution is 0.154. The molecule has 2 saturated carbocycles. The summed E-state index contributed by atoms with van der Waals surface area (Å²) in [6, 6.07) is 0. The van der Waals surface area contributed by atoms with Crippen molar-refractivity contribution in [3.05, 3.63) is 0 Å². The summed E-state index contributed by atoms with van der Waals surface area (Å²) >= 11 is 0. The third kappa shape index (κ3) is 2.31. The topological polar surface area (TPSA) is 12.0 Å². The second-order valence-electron chi connectivity index (χ2n) is 5.41. The fourth-order valence-corrected chi connectivity index (χ4v) is 3.35. The lowest BCUT2D eigenvalue weighted by Crippen LogP contribution is -2.32. The first-order valence-electron chi connectivity index (χ1n) is 6.49. The first kappa shape index (κ1) is 10.5. The van der Waals surface area contributed by atoms with Gasteiger partial charge in [-0.1, -0.05) is 19.8 Å². The van der Waals surface area contributed by atoms with Crippen LogP contribution in [-0.2, 0) is 0 Å². The van der Waals surface area contributed by atoms with Gasteiger partial charge in [-0.2, -0.15) is 0 Å². The van der Waals surface area contributed by atoms with Crippen molar-refractivity contribution < 1.29 is 0 Å². The van der Waals surface area contributed by atoms with E-state index >= 15 is 0 Å². The van der Waals surface area contributed by atoms with Crippen LogP contribution in [0.4, 0.5) is 0 Å². The van der Waals surface area contributed by atoms with Crippen molar-refractivity contribution in [1.29, 1.82) is 0 Å². The fourth-order valence-electron chi connectivity index (χ4n) is 3.35. The predicted octanol–water partition coefficient (Wildman–Crippen LogP) is 3.06. The second-order valence-corrected chi connectivity index (χ2v) is 5.41. The highest BCUT2D eigenvalue weighted by Crippen LogP contribution is 2.48. The summed E-state index contributed by atoms with van der Waals surface area (Å²) in [5.74, 6) is 4.23. The summed E-state index contributed by atoms with van der Waals surface area (Å²) in [5, 5.41) is 3.38.